The van der Waals surface area contributed by atoms with E-state index in [4.69, 9.17) is 35.4 Å². The molecule has 0 aliphatic carbocycles. The molecule has 1 fully saturated rings. The Morgan fingerprint density at radius 1 is 1.33 bits per heavy atom. The summed E-state index contributed by atoms with van der Waals surface area (Å²) in [7, 11) is 0. The number of nitrogens with zero attached hydrogens (tertiary/aromatic N) is 2. The van der Waals surface area contributed by atoms with E-state index in [-0.39, 0.29) is 11.8 Å². The van der Waals surface area contributed by atoms with Gasteiger partial charge in [0.1, 0.15) is 0 Å². The molecule has 0 aromatic heterocycles. The number of thiocarbonyl (C=S) groups is 1. The van der Waals surface area contributed by atoms with Crippen LogP contribution in [-0.4, -0.2) is 47.0 Å². The Balaban J connectivity index is 1.99. The van der Waals surface area contributed by atoms with Crippen LogP contribution >= 0.6 is 35.4 Å². The van der Waals surface area contributed by atoms with Crippen LogP contribution in [0, 0.1) is 5.92 Å². The highest BCUT2D eigenvalue weighted by molar-refractivity contribution is 7.80. The van der Waals surface area contributed by atoms with Crippen molar-refractivity contribution in [2.45, 2.75) is 26.7 Å². The van der Waals surface area contributed by atoms with Crippen molar-refractivity contribution in [3.8, 4) is 0 Å². The van der Waals surface area contributed by atoms with Crippen LogP contribution in [0.2, 0.25) is 10.0 Å². The fourth-order valence-corrected chi connectivity index (χ4v) is 3.51. The van der Waals surface area contributed by atoms with Gasteiger partial charge in [0.25, 0.3) is 0 Å². The maximum Gasteiger partial charge on any atom is 0.227 e. The highest BCUT2D eigenvalue weighted by atomic mass is 35.5. The second-order valence-corrected chi connectivity index (χ2v) is 7.06. The minimum Gasteiger partial charge on any atom is -0.348 e. The van der Waals surface area contributed by atoms with Gasteiger partial charge in [-0.25, -0.2) is 0 Å². The van der Waals surface area contributed by atoms with Crippen LogP contribution in [0.3, 0.4) is 0 Å². The number of carbonyl (C=O) groups excluding carboxylic acids is 1. The number of amides is 1. The zero-order valence-corrected chi connectivity index (χ0v) is 16.3. The molecule has 1 atom stereocenters. The average Bonchev–Trinajstić information content (AvgIpc) is 2.59. The highest BCUT2D eigenvalue weighted by Crippen LogP contribution is 2.26. The minimum absolute atomic E-state index is 0.00667. The molecule has 2 rings (SSSR count). The van der Waals surface area contributed by atoms with Crippen LogP contribution in [0.1, 0.15) is 26.7 Å². The third-order valence-corrected chi connectivity index (χ3v) is 5.40. The lowest BCUT2D eigenvalue weighted by molar-refractivity contribution is -0.136. The van der Waals surface area contributed by atoms with E-state index < -0.39 is 0 Å². The summed E-state index contributed by atoms with van der Waals surface area (Å²) in [6.07, 6.45) is 1.88. The van der Waals surface area contributed by atoms with Gasteiger partial charge in [-0.05, 0) is 57.1 Å². The van der Waals surface area contributed by atoms with E-state index in [0.717, 1.165) is 38.2 Å². The fourth-order valence-electron chi connectivity index (χ4n) is 2.93. The molecule has 1 aromatic rings. The fraction of sp³-hybridized carbons (Fsp3) is 0.529. The number of nitrogens with one attached hydrogen (secondary N) is 1. The van der Waals surface area contributed by atoms with Gasteiger partial charge in [0, 0.05) is 31.9 Å². The van der Waals surface area contributed by atoms with Gasteiger partial charge in [0.15, 0.2) is 5.11 Å². The number of anilines is 1. The molecule has 4 nitrogen and oxygen atoms in total. The third-order valence-electron chi connectivity index (χ3n) is 4.30. The summed E-state index contributed by atoms with van der Waals surface area (Å²) >= 11 is 17.5. The summed E-state index contributed by atoms with van der Waals surface area (Å²) in [6, 6.07) is 5.32. The molecule has 1 aromatic carbocycles. The molecular formula is C17H23Cl2N3OS. The molecule has 1 N–H and O–H groups in total. The van der Waals surface area contributed by atoms with E-state index in [1.54, 1.807) is 12.1 Å². The average molecular weight is 388 g/mol. The maximum absolute atomic E-state index is 12.6. The molecule has 0 spiro atoms. The van der Waals surface area contributed by atoms with E-state index in [9.17, 15) is 4.79 Å². The second-order valence-electron chi connectivity index (χ2n) is 5.85. The minimum atomic E-state index is 0.00667. The van der Waals surface area contributed by atoms with Crippen LogP contribution < -0.4 is 5.32 Å². The largest absolute Gasteiger partial charge is 0.348 e. The Kier molecular flexibility index (Phi) is 7.14. The SMILES string of the molecule is CCN(CC)C(=O)[C@H]1CCCN(C(=S)Nc2ccc(Cl)c(Cl)c2)C1. The van der Waals surface area contributed by atoms with Crippen molar-refractivity contribution in [3.63, 3.8) is 0 Å². The van der Waals surface area contributed by atoms with Crippen LogP contribution in [0.25, 0.3) is 0 Å². The number of halogens is 2. The Labute approximate surface area is 159 Å². The lowest BCUT2D eigenvalue weighted by Gasteiger charge is -2.36. The van der Waals surface area contributed by atoms with Crippen LogP contribution in [0.15, 0.2) is 18.2 Å². The molecule has 1 saturated heterocycles. The van der Waals surface area contributed by atoms with Crippen molar-refractivity contribution in [2.24, 2.45) is 5.92 Å². The summed E-state index contributed by atoms with van der Waals surface area (Å²) in [5.74, 6) is 0.231. The summed E-state index contributed by atoms with van der Waals surface area (Å²) in [5.41, 5.74) is 0.798. The first-order valence-corrected chi connectivity index (χ1v) is 9.42. The van der Waals surface area contributed by atoms with Gasteiger partial charge in [0.2, 0.25) is 5.91 Å². The number of hydrogen-bond acceptors (Lipinski definition) is 2. The quantitative estimate of drug-likeness (QED) is 0.782. The standard InChI is InChI=1S/C17H23Cl2N3OS/c1-3-21(4-2)16(23)12-6-5-9-22(11-12)17(24)20-13-7-8-14(18)15(19)10-13/h7-8,10,12H,3-6,9,11H2,1-2H3,(H,20,24)/t12-/m0/s1. The molecular weight excluding hydrogens is 365 g/mol. The van der Waals surface area contributed by atoms with Gasteiger partial charge in [-0.1, -0.05) is 23.2 Å². The van der Waals surface area contributed by atoms with Crippen LogP contribution in [-0.2, 0) is 4.79 Å². The monoisotopic (exact) mass is 387 g/mol. The first-order chi connectivity index (χ1) is 11.5. The van der Waals surface area contributed by atoms with Gasteiger partial charge in [-0.3, -0.25) is 4.79 Å². The van der Waals surface area contributed by atoms with Crippen molar-refractivity contribution in [1.29, 1.82) is 0 Å². The summed E-state index contributed by atoms with van der Waals surface area (Å²) < 4.78 is 0. The number of rotatable bonds is 4. The van der Waals surface area contributed by atoms with E-state index in [1.165, 1.54) is 0 Å². The number of likely N-dealkylation sites (tertiary alicyclic amines) is 1. The first kappa shape index (κ1) is 19.3. The summed E-state index contributed by atoms with van der Waals surface area (Å²) in [6.45, 7) is 7.03. The Hall–Kier alpha value is -1.04. The lowest BCUT2D eigenvalue weighted by Crippen LogP contribution is -2.47. The van der Waals surface area contributed by atoms with Gasteiger partial charge >= 0.3 is 0 Å². The third kappa shape index (κ3) is 4.74. The number of carbonyl (C=O) groups is 1. The number of hydrogen-bond donors (Lipinski definition) is 1. The second kappa shape index (κ2) is 8.88. The predicted octanol–water partition coefficient (Wildman–Crippen LogP) is 4.27. The van der Waals surface area contributed by atoms with Gasteiger partial charge < -0.3 is 15.1 Å². The molecule has 0 bridgehead atoms. The Bertz CT molecular complexity index is 607. The van der Waals surface area contributed by atoms with Crippen LogP contribution in [0.5, 0.6) is 0 Å². The lowest BCUT2D eigenvalue weighted by atomic mass is 9.96. The highest BCUT2D eigenvalue weighted by Gasteiger charge is 2.29. The molecule has 0 saturated carbocycles. The molecule has 1 heterocycles. The normalized spacial score (nSPS) is 17.5. The van der Waals surface area contributed by atoms with Crippen molar-refractivity contribution >= 4 is 52.1 Å². The van der Waals surface area contributed by atoms with Gasteiger partial charge in [0.05, 0.1) is 16.0 Å². The smallest absolute Gasteiger partial charge is 0.227 e. The zero-order valence-electron chi connectivity index (χ0n) is 14.0. The molecule has 1 amide bonds. The van der Waals surface area contributed by atoms with E-state index in [0.29, 0.717) is 21.7 Å². The maximum atomic E-state index is 12.6. The molecule has 24 heavy (non-hydrogen) atoms. The molecule has 0 radical (unpaired) electrons. The molecule has 132 valence electrons. The molecule has 1 aliphatic heterocycles. The Morgan fingerprint density at radius 2 is 2.04 bits per heavy atom. The summed E-state index contributed by atoms with van der Waals surface area (Å²) in [5, 5.41) is 4.80. The topological polar surface area (TPSA) is 35.6 Å². The van der Waals surface area contributed by atoms with Crippen molar-refractivity contribution < 1.29 is 4.79 Å². The predicted molar refractivity (Wildman–Crippen MR) is 105 cm³/mol. The van der Waals surface area contributed by atoms with Gasteiger partial charge in [-0.2, -0.15) is 0 Å². The van der Waals surface area contributed by atoms with Crippen molar-refractivity contribution in [1.82, 2.24) is 9.80 Å². The van der Waals surface area contributed by atoms with Crippen molar-refractivity contribution in [2.75, 3.05) is 31.5 Å². The Morgan fingerprint density at radius 3 is 2.67 bits per heavy atom. The summed E-state index contributed by atoms with van der Waals surface area (Å²) in [4.78, 5) is 16.5. The van der Waals surface area contributed by atoms with Crippen LogP contribution in [0.4, 0.5) is 5.69 Å². The number of benzene rings is 1. The van der Waals surface area contributed by atoms with E-state index in [1.807, 2.05) is 24.8 Å². The number of piperidine rings is 1. The van der Waals surface area contributed by atoms with Gasteiger partial charge in [-0.15, -0.1) is 0 Å². The molecule has 1 aliphatic rings. The molecule has 0 unspecified atom stereocenters. The zero-order chi connectivity index (χ0) is 17.7. The molecule has 7 heteroatoms. The van der Waals surface area contributed by atoms with Crippen molar-refractivity contribution in [3.05, 3.63) is 28.2 Å². The first-order valence-electron chi connectivity index (χ1n) is 8.26. The van der Waals surface area contributed by atoms with E-state index in [2.05, 4.69) is 10.2 Å². The van der Waals surface area contributed by atoms with E-state index >= 15 is 0 Å².